The van der Waals surface area contributed by atoms with Crippen molar-refractivity contribution in [2.75, 3.05) is 20.3 Å². The number of carboxylic acid groups (broad SMARTS) is 1. The molecule has 0 saturated heterocycles. The van der Waals surface area contributed by atoms with E-state index in [4.69, 9.17) is 14.6 Å². The third kappa shape index (κ3) is 3.36. The maximum atomic E-state index is 11.0. The Bertz CT molecular complexity index is 593. The van der Waals surface area contributed by atoms with Gasteiger partial charge in [-0.1, -0.05) is 30.3 Å². The van der Waals surface area contributed by atoms with Gasteiger partial charge in [0.1, 0.15) is 12.4 Å². The zero-order chi connectivity index (χ0) is 14.4. The molecule has 0 aliphatic rings. The SMILES string of the molecule is COCCOc1ccccc1-c1cccc(C(=O)O)c1. The fourth-order valence-electron chi connectivity index (χ4n) is 1.89. The van der Waals surface area contributed by atoms with Crippen molar-refractivity contribution in [1.29, 1.82) is 0 Å². The Morgan fingerprint density at radius 1 is 1.10 bits per heavy atom. The number of hydrogen-bond donors (Lipinski definition) is 1. The van der Waals surface area contributed by atoms with Crippen LogP contribution < -0.4 is 4.74 Å². The predicted molar refractivity (Wildman–Crippen MR) is 76.2 cm³/mol. The Balaban J connectivity index is 2.32. The molecule has 2 rings (SSSR count). The fourth-order valence-corrected chi connectivity index (χ4v) is 1.89. The van der Waals surface area contributed by atoms with E-state index in [-0.39, 0.29) is 5.56 Å². The van der Waals surface area contributed by atoms with Crippen molar-refractivity contribution < 1.29 is 19.4 Å². The maximum Gasteiger partial charge on any atom is 0.335 e. The van der Waals surface area contributed by atoms with Gasteiger partial charge in [-0.25, -0.2) is 4.79 Å². The summed E-state index contributed by atoms with van der Waals surface area (Å²) in [5, 5.41) is 9.05. The standard InChI is InChI=1S/C16H16O4/c1-19-9-10-20-15-8-3-2-7-14(15)12-5-4-6-13(11-12)16(17)18/h2-8,11H,9-10H2,1H3,(H,17,18). The molecule has 4 nitrogen and oxygen atoms in total. The first-order valence-corrected chi connectivity index (χ1v) is 6.27. The van der Waals surface area contributed by atoms with Crippen LogP contribution in [0.15, 0.2) is 48.5 Å². The van der Waals surface area contributed by atoms with Crippen LogP contribution in [-0.4, -0.2) is 31.4 Å². The van der Waals surface area contributed by atoms with Gasteiger partial charge >= 0.3 is 5.97 Å². The topological polar surface area (TPSA) is 55.8 Å². The zero-order valence-electron chi connectivity index (χ0n) is 11.2. The molecule has 0 radical (unpaired) electrons. The Hall–Kier alpha value is -2.33. The number of carboxylic acids is 1. The molecule has 0 bridgehead atoms. The van der Waals surface area contributed by atoms with Crippen LogP contribution in [0.2, 0.25) is 0 Å². The number of carbonyl (C=O) groups is 1. The number of benzene rings is 2. The molecule has 2 aromatic carbocycles. The van der Waals surface area contributed by atoms with E-state index in [9.17, 15) is 4.79 Å². The molecule has 0 atom stereocenters. The lowest BCUT2D eigenvalue weighted by molar-refractivity contribution is 0.0697. The first kappa shape index (κ1) is 14.1. The molecule has 0 aliphatic carbocycles. The summed E-state index contributed by atoms with van der Waals surface area (Å²) in [4.78, 5) is 11.0. The van der Waals surface area contributed by atoms with Crippen molar-refractivity contribution in [2.24, 2.45) is 0 Å². The second-order valence-corrected chi connectivity index (χ2v) is 4.22. The van der Waals surface area contributed by atoms with E-state index >= 15 is 0 Å². The molecule has 20 heavy (non-hydrogen) atoms. The highest BCUT2D eigenvalue weighted by atomic mass is 16.5. The van der Waals surface area contributed by atoms with E-state index in [2.05, 4.69) is 0 Å². The van der Waals surface area contributed by atoms with Gasteiger partial charge in [0.25, 0.3) is 0 Å². The zero-order valence-corrected chi connectivity index (χ0v) is 11.2. The van der Waals surface area contributed by atoms with Crippen LogP contribution in [-0.2, 0) is 4.74 Å². The maximum absolute atomic E-state index is 11.0. The van der Waals surface area contributed by atoms with Crippen LogP contribution in [0.5, 0.6) is 5.75 Å². The van der Waals surface area contributed by atoms with Gasteiger partial charge in [0.05, 0.1) is 12.2 Å². The molecular weight excluding hydrogens is 256 g/mol. The molecule has 2 aromatic rings. The summed E-state index contributed by atoms with van der Waals surface area (Å²) in [5.41, 5.74) is 1.94. The molecule has 0 saturated carbocycles. The normalized spacial score (nSPS) is 10.2. The van der Waals surface area contributed by atoms with Crippen LogP contribution in [0.4, 0.5) is 0 Å². The first-order chi connectivity index (χ1) is 9.72. The van der Waals surface area contributed by atoms with Crippen molar-refractivity contribution in [3.8, 4) is 16.9 Å². The van der Waals surface area contributed by atoms with E-state index in [1.165, 1.54) is 0 Å². The van der Waals surface area contributed by atoms with Crippen LogP contribution in [0.25, 0.3) is 11.1 Å². The summed E-state index contributed by atoms with van der Waals surface area (Å²) in [7, 11) is 1.62. The Morgan fingerprint density at radius 2 is 1.90 bits per heavy atom. The van der Waals surface area contributed by atoms with Gasteiger partial charge in [-0.05, 0) is 23.8 Å². The lowest BCUT2D eigenvalue weighted by Crippen LogP contribution is -2.05. The number of para-hydroxylation sites is 1. The van der Waals surface area contributed by atoms with E-state index < -0.39 is 5.97 Å². The molecule has 1 N–H and O–H groups in total. The van der Waals surface area contributed by atoms with Crippen molar-refractivity contribution >= 4 is 5.97 Å². The van der Waals surface area contributed by atoms with Crippen molar-refractivity contribution in [1.82, 2.24) is 0 Å². The molecule has 0 aromatic heterocycles. The number of hydrogen-bond acceptors (Lipinski definition) is 3. The number of aromatic carboxylic acids is 1. The summed E-state index contributed by atoms with van der Waals surface area (Å²) in [6.07, 6.45) is 0. The predicted octanol–water partition coefficient (Wildman–Crippen LogP) is 3.08. The minimum atomic E-state index is -0.940. The molecule has 0 spiro atoms. The molecule has 0 aliphatic heterocycles. The molecule has 4 heteroatoms. The molecular formula is C16H16O4. The van der Waals surface area contributed by atoms with Gasteiger partial charge in [0.15, 0.2) is 0 Å². The Labute approximate surface area is 117 Å². The van der Waals surface area contributed by atoms with Gasteiger partial charge in [-0.15, -0.1) is 0 Å². The Morgan fingerprint density at radius 3 is 2.65 bits per heavy atom. The fraction of sp³-hybridized carbons (Fsp3) is 0.188. The van der Waals surface area contributed by atoms with Gasteiger partial charge in [-0.2, -0.15) is 0 Å². The monoisotopic (exact) mass is 272 g/mol. The summed E-state index contributed by atoms with van der Waals surface area (Å²) in [5.74, 6) is -0.225. The second kappa shape index (κ2) is 6.73. The smallest absolute Gasteiger partial charge is 0.335 e. The third-order valence-electron chi connectivity index (χ3n) is 2.85. The average molecular weight is 272 g/mol. The minimum absolute atomic E-state index is 0.259. The summed E-state index contributed by atoms with van der Waals surface area (Å²) in [6.45, 7) is 0.954. The molecule has 0 heterocycles. The highest BCUT2D eigenvalue weighted by Crippen LogP contribution is 2.30. The van der Waals surface area contributed by atoms with Crippen molar-refractivity contribution in [3.63, 3.8) is 0 Å². The first-order valence-electron chi connectivity index (χ1n) is 6.27. The van der Waals surface area contributed by atoms with E-state index in [1.54, 1.807) is 25.3 Å². The van der Waals surface area contributed by atoms with Crippen LogP contribution in [0.1, 0.15) is 10.4 Å². The van der Waals surface area contributed by atoms with Gasteiger partial charge in [0.2, 0.25) is 0 Å². The van der Waals surface area contributed by atoms with Crippen LogP contribution >= 0.6 is 0 Å². The Kier molecular flexibility index (Phi) is 4.74. The number of methoxy groups -OCH3 is 1. The second-order valence-electron chi connectivity index (χ2n) is 4.22. The van der Waals surface area contributed by atoms with E-state index in [0.717, 1.165) is 11.1 Å². The van der Waals surface area contributed by atoms with E-state index in [1.807, 2.05) is 30.3 Å². The summed E-state index contributed by atoms with van der Waals surface area (Å²) in [6, 6.07) is 14.3. The lowest BCUT2D eigenvalue weighted by atomic mass is 10.0. The highest BCUT2D eigenvalue weighted by Gasteiger charge is 2.08. The van der Waals surface area contributed by atoms with Crippen molar-refractivity contribution in [2.45, 2.75) is 0 Å². The quantitative estimate of drug-likeness (QED) is 0.821. The minimum Gasteiger partial charge on any atom is -0.491 e. The van der Waals surface area contributed by atoms with Crippen LogP contribution in [0.3, 0.4) is 0 Å². The van der Waals surface area contributed by atoms with E-state index in [0.29, 0.717) is 19.0 Å². The highest BCUT2D eigenvalue weighted by molar-refractivity contribution is 5.89. The van der Waals surface area contributed by atoms with Crippen LogP contribution in [0, 0.1) is 0 Å². The molecule has 0 fully saturated rings. The third-order valence-corrected chi connectivity index (χ3v) is 2.85. The molecule has 0 unspecified atom stereocenters. The number of rotatable bonds is 6. The van der Waals surface area contributed by atoms with Gasteiger partial charge in [-0.3, -0.25) is 0 Å². The average Bonchev–Trinajstić information content (AvgIpc) is 2.48. The summed E-state index contributed by atoms with van der Waals surface area (Å²) < 4.78 is 10.6. The van der Waals surface area contributed by atoms with Gasteiger partial charge < -0.3 is 14.6 Å². The number of ether oxygens (including phenoxy) is 2. The van der Waals surface area contributed by atoms with Crippen molar-refractivity contribution in [3.05, 3.63) is 54.1 Å². The van der Waals surface area contributed by atoms with Gasteiger partial charge in [0, 0.05) is 12.7 Å². The summed E-state index contributed by atoms with van der Waals surface area (Å²) >= 11 is 0. The largest absolute Gasteiger partial charge is 0.491 e. The molecule has 0 amide bonds. The molecule has 104 valence electrons. The lowest BCUT2D eigenvalue weighted by Gasteiger charge is -2.11.